The van der Waals surface area contributed by atoms with Crippen molar-refractivity contribution in [1.29, 1.82) is 0 Å². The number of hydrogen-bond donors (Lipinski definition) is 3. The number of hydrogen-bond acceptors (Lipinski definition) is 5. The van der Waals surface area contributed by atoms with Gasteiger partial charge in [-0.05, 0) is 48.4 Å². The minimum Gasteiger partial charge on any atom is -0.504 e. The number of amides is 1. The van der Waals surface area contributed by atoms with Crippen LogP contribution in [-0.2, 0) is 11.2 Å². The smallest absolute Gasteiger partial charge is 0.241 e. The van der Waals surface area contributed by atoms with Gasteiger partial charge in [0.2, 0.25) is 5.91 Å². The minimum absolute atomic E-state index is 0.0462. The average molecular weight is 376 g/mol. The largest absolute Gasteiger partial charge is 0.504 e. The molecule has 3 aromatic carbocycles. The number of furan rings is 1. The van der Waals surface area contributed by atoms with E-state index >= 15 is 0 Å². The zero-order valence-corrected chi connectivity index (χ0v) is 15.3. The molecule has 0 saturated carbocycles. The molecule has 4 N–H and O–H groups in total. The van der Waals surface area contributed by atoms with Crippen LogP contribution in [0.3, 0.4) is 0 Å². The van der Waals surface area contributed by atoms with E-state index in [2.05, 4.69) is 5.32 Å². The normalized spacial score (nSPS) is 12.2. The Kier molecular flexibility index (Phi) is 4.63. The van der Waals surface area contributed by atoms with E-state index in [1.54, 1.807) is 18.2 Å². The number of nitrogens with two attached hydrogens (primary N) is 1. The van der Waals surface area contributed by atoms with Crippen molar-refractivity contribution in [2.75, 3.05) is 12.4 Å². The summed E-state index contributed by atoms with van der Waals surface area (Å²) < 4.78 is 10.9. The summed E-state index contributed by atoms with van der Waals surface area (Å²) in [5.41, 5.74) is 9.10. The molecule has 0 fully saturated rings. The highest BCUT2D eigenvalue weighted by Gasteiger charge is 2.16. The average Bonchev–Trinajstić information content (AvgIpc) is 3.07. The third kappa shape index (κ3) is 3.37. The van der Waals surface area contributed by atoms with E-state index in [-0.39, 0.29) is 11.7 Å². The summed E-state index contributed by atoms with van der Waals surface area (Å²) in [5.74, 6) is 0.103. The van der Waals surface area contributed by atoms with Gasteiger partial charge in [-0.2, -0.15) is 0 Å². The highest BCUT2D eigenvalue weighted by atomic mass is 16.5. The Balaban J connectivity index is 1.51. The number of para-hydroxylation sites is 1. The number of rotatable bonds is 5. The molecule has 0 aliphatic heterocycles. The standard InChI is InChI=1S/C22H20N2O4/c1-27-21-11-13(6-8-18(21)25)10-17(23)22(26)24-14-7-9-20-16(12-14)15-4-2-3-5-19(15)28-20/h2-9,11-12,17,25H,10,23H2,1H3,(H,24,26). The van der Waals surface area contributed by atoms with E-state index in [4.69, 9.17) is 14.9 Å². The number of ether oxygens (including phenoxy) is 1. The molecule has 4 aromatic rings. The monoisotopic (exact) mass is 376 g/mol. The Hall–Kier alpha value is -3.51. The SMILES string of the molecule is COc1cc(CC(N)C(=O)Nc2ccc3oc4ccccc4c3c2)ccc1O. The maximum atomic E-state index is 12.5. The van der Waals surface area contributed by atoms with Crippen LogP contribution in [0.5, 0.6) is 11.5 Å². The highest BCUT2D eigenvalue weighted by molar-refractivity contribution is 6.07. The zero-order valence-electron chi connectivity index (χ0n) is 15.3. The number of phenols is 1. The number of benzene rings is 3. The van der Waals surface area contributed by atoms with Crippen molar-refractivity contribution in [2.24, 2.45) is 5.73 Å². The number of methoxy groups -OCH3 is 1. The quantitative estimate of drug-likeness (QED) is 0.492. The molecule has 0 aliphatic rings. The minimum atomic E-state index is -0.744. The second-order valence-electron chi connectivity index (χ2n) is 6.62. The van der Waals surface area contributed by atoms with Crippen molar-refractivity contribution in [3.8, 4) is 11.5 Å². The van der Waals surface area contributed by atoms with E-state index in [9.17, 15) is 9.90 Å². The molecule has 6 nitrogen and oxygen atoms in total. The van der Waals surface area contributed by atoms with Crippen LogP contribution >= 0.6 is 0 Å². The molecule has 0 spiro atoms. The highest BCUT2D eigenvalue weighted by Crippen LogP contribution is 2.30. The molecule has 1 heterocycles. The first kappa shape index (κ1) is 17.9. The first-order valence-electron chi connectivity index (χ1n) is 8.89. The molecule has 6 heteroatoms. The molecule has 4 rings (SSSR count). The summed E-state index contributed by atoms with van der Waals surface area (Å²) in [6, 6.07) is 17.4. The van der Waals surface area contributed by atoms with Gasteiger partial charge in [0.15, 0.2) is 11.5 Å². The molecule has 0 aliphatic carbocycles. The molecule has 142 valence electrons. The number of carbonyl (C=O) groups excluding carboxylic acids is 1. The van der Waals surface area contributed by atoms with Crippen LogP contribution in [0.25, 0.3) is 21.9 Å². The fourth-order valence-electron chi connectivity index (χ4n) is 3.23. The molecule has 28 heavy (non-hydrogen) atoms. The van der Waals surface area contributed by atoms with Crippen LogP contribution in [-0.4, -0.2) is 24.2 Å². The summed E-state index contributed by atoms with van der Waals surface area (Å²) in [7, 11) is 1.47. The molecule has 1 unspecified atom stereocenters. The predicted molar refractivity (Wildman–Crippen MR) is 109 cm³/mol. The van der Waals surface area contributed by atoms with Crippen LogP contribution in [0, 0.1) is 0 Å². The second-order valence-corrected chi connectivity index (χ2v) is 6.62. The molecule has 0 bridgehead atoms. The van der Waals surface area contributed by atoms with Gasteiger partial charge in [0.1, 0.15) is 11.2 Å². The van der Waals surface area contributed by atoms with Gasteiger partial charge in [0.25, 0.3) is 0 Å². The third-order valence-corrected chi connectivity index (χ3v) is 4.68. The Morgan fingerprint density at radius 2 is 1.89 bits per heavy atom. The lowest BCUT2D eigenvalue weighted by molar-refractivity contribution is -0.117. The van der Waals surface area contributed by atoms with Crippen molar-refractivity contribution < 1.29 is 19.1 Å². The van der Waals surface area contributed by atoms with E-state index in [0.717, 1.165) is 27.5 Å². The van der Waals surface area contributed by atoms with Gasteiger partial charge in [-0.25, -0.2) is 0 Å². The van der Waals surface area contributed by atoms with Gasteiger partial charge in [-0.1, -0.05) is 24.3 Å². The van der Waals surface area contributed by atoms with Crippen LogP contribution in [0.2, 0.25) is 0 Å². The lowest BCUT2D eigenvalue weighted by Crippen LogP contribution is -2.37. The third-order valence-electron chi connectivity index (χ3n) is 4.68. The fourth-order valence-corrected chi connectivity index (χ4v) is 3.23. The Bertz CT molecular complexity index is 1170. The predicted octanol–water partition coefficient (Wildman–Crippen LogP) is 3.81. The lowest BCUT2D eigenvalue weighted by Gasteiger charge is -2.13. The maximum Gasteiger partial charge on any atom is 0.241 e. The maximum absolute atomic E-state index is 12.5. The number of aromatic hydroxyl groups is 1. The summed E-state index contributed by atoms with van der Waals surface area (Å²) in [6.45, 7) is 0. The van der Waals surface area contributed by atoms with Gasteiger partial charge in [0.05, 0.1) is 13.2 Å². The van der Waals surface area contributed by atoms with Gasteiger partial charge in [0, 0.05) is 16.5 Å². The fraction of sp³-hybridized carbons (Fsp3) is 0.136. The van der Waals surface area contributed by atoms with Gasteiger partial charge in [-0.15, -0.1) is 0 Å². The molecule has 0 saturated heterocycles. The molecule has 1 amide bonds. The van der Waals surface area contributed by atoms with Crippen molar-refractivity contribution in [2.45, 2.75) is 12.5 Å². The number of fused-ring (bicyclic) bond motifs is 3. The number of carbonyl (C=O) groups is 1. The van der Waals surface area contributed by atoms with Gasteiger partial charge < -0.3 is 25.3 Å². The number of anilines is 1. The lowest BCUT2D eigenvalue weighted by atomic mass is 10.0. The molecule has 1 atom stereocenters. The molecule has 1 aromatic heterocycles. The second kappa shape index (κ2) is 7.25. The Labute approximate surface area is 161 Å². The summed E-state index contributed by atoms with van der Waals surface area (Å²) in [4.78, 5) is 12.5. The molecular formula is C22H20N2O4. The van der Waals surface area contributed by atoms with Crippen molar-refractivity contribution in [3.05, 3.63) is 66.2 Å². The van der Waals surface area contributed by atoms with E-state index in [1.165, 1.54) is 13.2 Å². The van der Waals surface area contributed by atoms with Crippen molar-refractivity contribution in [3.63, 3.8) is 0 Å². The molecule has 0 radical (unpaired) electrons. The van der Waals surface area contributed by atoms with Crippen molar-refractivity contribution >= 4 is 33.5 Å². The van der Waals surface area contributed by atoms with E-state index in [0.29, 0.717) is 17.9 Å². The van der Waals surface area contributed by atoms with Crippen LogP contribution in [0.4, 0.5) is 5.69 Å². The zero-order chi connectivity index (χ0) is 19.7. The van der Waals surface area contributed by atoms with E-state index < -0.39 is 6.04 Å². The number of nitrogens with one attached hydrogen (secondary N) is 1. The Morgan fingerprint density at radius 3 is 2.71 bits per heavy atom. The van der Waals surface area contributed by atoms with Gasteiger partial charge in [-0.3, -0.25) is 4.79 Å². The summed E-state index contributed by atoms with van der Waals surface area (Å²) in [6.07, 6.45) is 0.319. The van der Waals surface area contributed by atoms with Crippen LogP contribution in [0.1, 0.15) is 5.56 Å². The summed E-state index contributed by atoms with van der Waals surface area (Å²) >= 11 is 0. The van der Waals surface area contributed by atoms with Crippen LogP contribution in [0.15, 0.2) is 65.1 Å². The molecular weight excluding hydrogens is 356 g/mol. The van der Waals surface area contributed by atoms with Gasteiger partial charge >= 0.3 is 0 Å². The van der Waals surface area contributed by atoms with Crippen LogP contribution < -0.4 is 15.8 Å². The first-order chi connectivity index (χ1) is 13.5. The topological polar surface area (TPSA) is 97.7 Å². The van der Waals surface area contributed by atoms with E-state index in [1.807, 2.05) is 36.4 Å². The summed E-state index contributed by atoms with van der Waals surface area (Å²) in [5, 5.41) is 14.5. The van der Waals surface area contributed by atoms with Crippen molar-refractivity contribution in [1.82, 2.24) is 0 Å². The number of phenolic OH excluding ortho intramolecular Hbond substituents is 1. The first-order valence-corrected chi connectivity index (χ1v) is 8.89. The Morgan fingerprint density at radius 1 is 1.11 bits per heavy atom.